The van der Waals surface area contributed by atoms with Gasteiger partial charge in [0.2, 0.25) is 0 Å². The third-order valence-electron chi connectivity index (χ3n) is 2.86. The molecule has 0 fully saturated rings. The molecule has 0 aliphatic carbocycles. The van der Waals surface area contributed by atoms with E-state index in [0.29, 0.717) is 17.9 Å². The zero-order valence-corrected chi connectivity index (χ0v) is 11.1. The lowest BCUT2D eigenvalue weighted by Crippen LogP contribution is -2.01. The molecule has 0 saturated carbocycles. The van der Waals surface area contributed by atoms with E-state index < -0.39 is 11.8 Å². The van der Waals surface area contributed by atoms with Crippen LogP contribution < -0.4 is 4.74 Å². The molecular weight excluding hydrogens is 259 g/mol. The normalized spacial score (nSPS) is 10.3. The van der Waals surface area contributed by atoms with Gasteiger partial charge in [-0.1, -0.05) is 31.2 Å². The van der Waals surface area contributed by atoms with Gasteiger partial charge in [-0.2, -0.15) is 0 Å². The van der Waals surface area contributed by atoms with E-state index in [1.807, 2.05) is 31.2 Å². The van der Waals surface area contributed by atoms with Crippen LogP contribution in [-0.2, 0) is 0 Å². The minimum Gasteiger partial charge on any atom is -0.493 e. The molecule has 0 aliphatic rings. The first-order valence-corrected chi connectivity index (χ1v) is 6.38. The summed E-state index contributed by atoms with van der Waals surface area (Å²) in [4.78, 5) is 10.8. The molecule has 0 amide bonds. The van der Waals surface area contributed by atoms with Crippen molar-refractivity contribution < 1.29 is 19.0 Å². The lowest BCUT2D eigenvalue weighted by atomic mass is 10.0. The predicted molar refractivity (Wildman–Crippen MR) is 74.6 cm³/mol. The molecule has 0 aromatic heterocycles. The SMILES string of the molecule is CCCOc1ccccc1-c1ccc(C(=O)O)c(F)c1. The van der Waals surface area contributed by atoms with Gasteiger partial charge >= 0.3 is 5.97 Å². The fourth-order valence-corrected chi connectivity index (χ4v) is 1.90. The van der Waals surface area contributed by atoms with Crippen molar-refractivity contribution in [3.63, 3.8) is 0 Å². The summed E-state index contributed by atoms with van der Waals surface area (Å²) in [6.45, 7) is 2.58. The topological polar surface area (TPSA) is 46.5 Å². The molecule has 0 atom stereocenters. The van der Waals surface area contributed by atoms with Crippen LogP contribution in [0.4, 0.5) is 4.39 Å². The zero-order valence-electron chi connectivity index (χ0n) is 11.1. The van der Waals surface area contributed by atoms with E-state index in [-0.39, 0.29) is 5.56 Å². The highest BCUT2D eigenvalue weighted by Gasteiger charge is 2.13. The van der Waals surface area contributed by atoms with Crippen LogP contribution in [0.15, 0.2) is 42.5 Å². The third kappa shape index (κ3) is 2.96. The number of halogens is 1. The maximum atomic E-state index is 13.7. The molecule has 0 bridgehead atoms. The molecule has 2 aromatic carbocycles. The van der Waals surface area contributed by atoms with Gasteiger partial charge in [0.1, 0.15) is 11.6 Å². The van der Waals surface area contributed by atoms with Crippen molar-refractivity contribution in [1.82, 2.24) is 0 Å². The Labute approximate surface area is 116 Å². The first-order chi connectivity index (χ1) is 9.63. The average molecular weight is 274 g/mol. The fraction of sp³-hybridized carbons (Fsp3) is 0.188. The van der Waals surface area contributed by atoms with Crippen LogP contribution in [0.25, 0.3) is 11.1 Å². The summed E-state index contributed by atoms with van der Waals surface area (Å²) in [6.07, 6.45) is 0.876. The second-order valence-electron chi connectivity index (χ2n) is 4.34. The third-order valence-corrected chi connectivity index (χ3v) is 2.86. The highest BCUT2D eigenvalue weighted by atomic mass is 19.1. The molecule has 0 spiro atoms. The number of carbonyl (C=O) groups is 1. The Morgan fingerprint density at radius 2 is 2.00 bits per heavy atom. The molecule has 4 heteroatoms. The molecule has 104 valence electrons. The summed E-state index contributed by atoms with van der Waals surface area (Å²) >= 11 is 0. The number of para-hydroxylation sites is 1. The molecule has 3 nitrogen and oxygen atoms in total. The maximum Gasteiger partial charge on any atom is 0.338 e. The van der Waals surface area contributed by atoms with E-state index in [0.717, 1.165) is 12.0 Å². The summed E-state index contributed by atoms with van der Waals surface area (Å²) in [6, 6.07) is 11.4. The van der Waals surface area contributed by atoms with Crippen LogP contribution in [-0.4, -0.2) is 17.7 Å². The van der Waals surface area contributed by atoms with E-state index in [9.17, 15) is 9.18 Å². The number of benzene rings is 2. The van der Waals surface area contributed by atoms with Gasteiger partial charge in [-0.05, 0) is 30.2 Å². The number of hydrogen-bond acceptors (Lipinski definition) is 2. The second kappa shape index (κ2) is 6.19. The van der Waals surface area contributed by atoms with Gasteiger partial charge in [-0.3, -0.25) is 0 Å². The number of carboxylic acid groups (broad SMARTS) is 1. The molecule has 0 radical (unpaired) electrons. The van der Waals surface area contributed by atoms with Gasteiger partial charge in [0.25, 0.3) is 0 Å². The van der Waals surface area contributed by atoms with Crippen molar-refractivity contribution in [2.45, 2.75) is 13.3 Å². The Morgan fingerprint density at radius 3 is 2.65 bits per heavy atom. The lowest BCUT2D eigenvalue weighted by molar-refractivity contribution is 0.0692. The first-order valence-electron chi connectivity index (χ1n) is 6.38. The number of carboxylic acids is 1. The second-order valence-corrected chi connectivity index (χ2v) is 4.34. The van der Waals surface area contributed by atoms with Crippen molar-refractivity contribution in [2.75, 3.05) is 6.61 Å². The van der Waals surface area contributed by atoms with Crippen LogP contribution in [0.5, 0.6) is 5.75 Å². The molecule has 0 heterocycles. The molecule has 20 heavy (non-hydrogen) atoms. The quantitative estimate of drug-likeness (QED) is 0.897. The van der Waals surface area contributed by atoms with Gasteiger partial charge in [-0.15, -0.1) is 0 Å². The van der Waals surface area contributed by atoms with Crippen LogP contribution in [0.1, 0.15) is 23.7 Å². The van der Waals surface area contributed by atoms with Gasteiger partial charge in [0.15, 0.2) is 0 Å². The zero-order chi connectivity index (χ0) is 14.5. The average Bonchev–Trinajstić information content (AvgIpc) is 2.45. The van der Waals surface area contributed by atoms with Crippen molar-refractivity contribution in [1.29, 1.82) is 0 Å². The van der Waals surface area contributed by atoms with E-state index in [1.165, 1.54) is 12.1 Å². The monoisotopic (exact) mass is 274 g/mol. The summed E-state index contributed by atoms with van der Waals surface area (Å²) < 4.78 is 19.4. The number of hydrogen-bond donors (Lipinski definition) is 1. The standard InChI is InChI=1S/C16H15FO3/c1-2-9-20-15-6-4-3-5-12(15)11-7-8-13(16(18)19)14(17)10-11/h3-8,10H,2,9H2,1H3,(H,18,19). The minimum atomic E-state index is -1.27. The van der Waals surface area contributed by atoms with Gasteiger partial charge in [0.05, 0.1) is 12.2 Å². The molecule has 0 aliphatic heterocycles. The van der Waals surface area contributed by atoms with Crippen molar-refractivity contribution in [3.8, 4) is 16.9 Å². The van der Waals surface area contributed by atoms with E-state index in [2.05, 4.69) is 0 Å². The predicted octanol–water partition coefficient (Wildman–Crippen LogP) is 3.98. The van der Waals surface area contributed by atoms with Gasteiger partial charge in [-0.25, -0.2) is 9.18 Å². The van der Waals surface area contributed by atoms with Crippen molar-refractivity contribution in [2.24, 2.45) is 0 Å². The lowest BCUT2D eigenvalue weighted by Gasteiger charge is -2.11. The highest BCUT2D eigenvalue weighted by Crippen LogP contribution is 2.31. The maximum absolute atomic E-state index is 13.7. The van der Waals surface area contributed by atoms with E-state index in [1.54, 1.807) is 6.07 Å². The largest absolute Gasteiger partial charge is 0.493 e. The number of aromatic carboxylic acids is 1. The van der Waals surface area contributed by atoms with Gasteiger partial charge in [0, 0.05) is 5.56 Å². The molecule has 1 N–H and O–H groups in total. The number of ether oxygens (including phenoxy) is 1. The Hall–Kier alpha value is -2.36. The molecule has 0 unspecified atom stereocenters. The summed E-state index contributed by atoms with van der Waals surface area (Å²) in [5.74, 6) is -1.36. The number of rotatable bonds is 5. The van der Waals surface area contributed by atoms with Crippen molar-refractivity contribution in [3.05, 3.63) is 53.8 Å². The Balaban J connectivity index is 2.41. The fourth-order valence-electron chi connectivity index (χ4n) is 1.90. The molecule has 0 saturated heterocycles. The van der Waals surface area contributed by atoms with E-state index >= 15 is 0 Å². The van der Waals surface area contributed by atoms with Crippen LogP contribution in [0.2, 0.25) is 0 Å². The van der Waals surface area contributed by atoms with Crippen LogP contribution >= 0.6 is 0 Å². The van der Waals surface area contributed by atoms with Gasteiger partial charge < -0.3 is 9.84 Å². The van der Waals surface area contributed by atoms with Crippen LogP contribution in [0, 0.1) is 5.82 Å². The summed E-state index contributed by atoms with van der Waals surface area (Å²) in [7, 11) is 0. The summed E-state index contributed by atoms with van der Waals surface area (Å²) in [5.41, 5.74) is 1.01. The molecule has 2 rings (SSSR count). The summed E-state index contributed by atoms with van der Waals surface area (Å²) in [5, 5.41) is 8.83. The Morgan fingerprint density at radius 1 is 1.25 bits per heavy atom. The molecule has 2 aromatic rings. The van der Waals surface area contributed by atoms with Crippen LogP contribution in [0.3, 0.4) is 0 Å². The molecular formula is C16H15FO3. The van der Waals surface area contributed by atoms with E-state index in [4.69, 9.17) is 9.84 Å². The first kappa shape index (κ1) is 14.1. The minimum absolute atomic E-state index is 0.333. The smallest absolute Gasteiger partial charge is 0.338 e. The highest BCUT2D eigenvalue weighted by molar-refractivity contribution is 5.89. The Bertz CT molecular complexity index is 623. The van der Waals surface area contributed by atoms with Crippen molar-refractivity contribution >= 4 is 5.97 Å². The Kier molecular flexibility index (Phi) is 4.35.